The fourth-order valence-electron chi connectivity index (χ4n) is 4.04. The second kappa shape index (κ2) is 8.33. The Bertz CT molecular complexity index is 998. The molecule has 2 aromatic rings. The number of carbonyl (C=O) groups is 2. The minimum atomic E-state index is -0.657. The van der Waals surface area contributed by atoms with Gasteiger partial charge in [0.15, 0.2) is 0 Å². The van der Waals surface area contributed by atoms with Gasteiger partial charge in [0.25, 0.3) is 23.2 Å². The number of hydrogen-bond donors (Lipinski definition) is 0. The number of benzene rings is 2. The average Bonchev–Trinajstić information content (AvgIpc) is 2.71. The van der Waals surface area contributed by atoms with Crippen LogP contribution in [-0.4, -0.2) is 57.6 Å². The van der Waals surface area contributed by atoms with Gasteiger partial charge in [-0.15, -0.1) is 12.4 Å². The Morgan fingerprint density at radius 3 is 1.77 bits per heavy atom. The molecule has 2 heterocycles. The number of amides is 2. The van der Waals surface area contributed by atoms with E-state index in [1.165, 1.54) is 0 Å². The predicted octanol–water partition coefficient (Wildman–Crippen LogP) is 3.16. The van der Waals surface area contributed by atoms with Crippen molar-refractivity contribution in [2.75, 3.05) is 26.2 Å². The monoisotopic (exact) mass is 434 g/mol. The molecule has 1 fully saturated rings. The van der Waals surface area contributed by atoms with Crippen LogP contribution in [-0.2, 0) is 0 Å². The molecule has 0 aromatic heterocycles. The third kappa shape index (κ3) is 3.71. The molecule has 0 N–H and O–H groups in total. The lowest BCUT2D eigenvalue weighted by Crippen LogP contribution is -2.45. The number of non-ortho nitro benzene ring substituents is 2. The van der Waals surface area contributed by atoms with Gasteiger partial charge in [-0.1, -0.05) is 6.42 Å². The van der Waals surface area contributed by atoms with Crippen molar-refractivity contribution >= 4 is 46.4 Å². The molecule has 0 spiro atoms. The van der Waals surface area contributed by atoms with E-state index in [4.69, 9.17) is 0 Å². The van der Waals surface area contributed by atoms with Crippen molar-refractivity contribution in [1.82, 2.24) is 9.80 Å². The second-order valence-electron chi connectivity index (χ2n) is 7.26. The first kappa shape index (κ1) is 21.6. The van der Waals surface area contributed by atoms with Gasteiger partial charge in [0.1, 0.15) is 0 Å². The molecule has 158 valence electrons. The molecule has 1 saturated heterocycles. The molecule has 0 radical (unpaired) electrons. The molecular weight excluding hydrogens is 416 g/mol. The van der Waals surface area contributed by atoms with Crippen LogP contribution in [0.2, 0.25) is 0 Å². The van der Waals surface area contributed by atoms with Gasteiger partial charge >= 0.3 is 0 Å². The van der Waals surface area contributed by atoms with E-state index in [1.807, 2.05) is 0 Å². The molecular formula is C19H19ClN4O6. The van der Waals surface area contributed by atoms with Crippen molar-refractivity contribution in [2.24, 2.45) is 0 Å². The van der Waals surface area contributed by atoms with E-state index in [-0.39, 0.29) is 52.2 Å². The molecule has 2 aromatic carbocycles. The van der Waals surface area contributed by atoms with Crippen LogP contribution in [0.1, 0.15) is 40.0 Å². The first-order chi connectivity index (χ1) is 13.9. The van der Waals surface area contributed by atoms with Crippen LogP contribution >= 0.6 is 12.4 Å². The summed E-state index contributed by atoms with van der Waals surface area (Å²) in [6.07, 6.45) is 3.27. The quantitative estimate of drug-likeness (QED) is 0.401. The summed E-state index contributed by atoms with van der Waals surface area (Å²) in [6, 6.07) is 4.58. The van der Waals surface area contributed by atoms with Crippen molar-refractivity contribution in [2.45, 2.75) is 19.3 Å². The summed E-state index contributed by atoms with van der Waals surface area (Å²) in [5, 5.41) is 22.9. The lowest BCUT2D eigenvalue weighted by molar-refractivity contribution is -0.385. The lowest BCUT2D eigenvalue weighted by atomic mass is 9.92. The van der Waals surface area contributed by atoms with Gasteiger partial charge in [-0.05, 0) is 31.3 Å². The zero-order chi connectivity index (χ0) is 20.7. The van der Waals surface area contributed by atoms with Gasteiger partial charge in [-0.25, -0.2) is 0 Å². The summed E-state index contributed by atoms with van der Waals surface area (Å²) in [4.78, 5) is 50.5. The molecule has 0 atom stereocenters. The van der Waals surface area contributed by atoms with Gasteiger partial charge < -0.3 is 4.90 Å². The molecule has 11 heteroatoms. The molecule has 30 heavy (non-hydrogen) atoms. The molecule has 10 nitrogen and oxygen atoms in total. The van der Waals surface area contributed by atoms with E-state index >= 15 is 0 Å². The van der Waals surface area contributed by atoms with Crippen LogP contribution in [0.5, 0.6) is 0 Å². The molecule has 2 aliphatic heterocycles. The van der Waals surface area contributed by atoms with Crippen LogP contribution in [0, 0.1) is 20.2 Å². The number of rotatable bonds is 5. The van der Waals surface area contributed by atoms with Crippen LogP contribution in [0.4, 0.5) is 11.4 Å². The van der Waals surface area contributed by atoms with Crippen LogP contribution in [0.3, 0.4) is 0 Å². The molecule has 0 unspecified atom stereocenters. The van der Waals surface area contributed by atoms with E-state index in [0.717, 1.165) is 61.5 Å². The summed E-state index contributed by atoms with van der Waals surface area (Å²) < 4.78 is 0. The zero-order valence-electron chi connectivity index (χ0n) is 15.9. The number of halogens is 1. The van der Waals surface area contributed by atoms with E-state index in [0.29, 0.717) is 6.54 Å². The number of hydrogen-bond acceptors (Lipinski definition) is 7. The first-order valence-corrected chi connectivity index (χ1v) is 9.36. The Labute approximate surface area is 177 Å². The minimum absolute atomic E-state index is 0. The number of nitro groups is 2. The van der Waals surface area contributed by atoms with E-state index in [9.17, 15) is 29.8 Å². The van der Waals surface area contributed by atoms with Crippen molar-refractivity contribution in [1.29, 1.82) is 0 Å². The van der Waals surface area contributed by atoms with Gasteiger partial charge in [-0.3, -0.25) is 34.7 Å². The van der Waals surface area contributed by atoms with Crippen molar-refractivity contribution < 1.29 is 19.4 Å². The van der Waals surface area contributed by atoms with Crippen molar-refractivity contribution in [3.8, 4) is 0 Å². The number of imide groups is 1. The maximum atomic E-state index is 13.0. The Morgan fingerprint density at radius 1 is 0.800 bits per heavy atom. The fourth-order valence-corrected chi connectivity index (χ4v) is 4.04. The Balaban J connectivity index is 0.00000256. The number of piperidine rings is 1. The summed E-state index contributed by atoms with van der Waals surface area (Å²) in [5.41, 5.74) is -0.648. The Hall–Kier alpha value is -3.11. The summed E-state index contributed by atoms with van der Waals surface area (Å²) in [5.74, 6) is -1.22. The van der Waals surface area contributed by atoms with Crippen LogP contribution in [0.25, 0.3) is 10.8 Å². The topological polar surface area (TPSA) is 127 Å². The number of nitrogens with zero attached hydrogens (tertiary/aromatic N) is 4. The van der Waals surface area contributed by atoms with Crippen molar-refractivity contribution in [3.63, 3.8) is 0 Å². The Morgan fingerprint density at radius 2 is 1.30 bits per heavy atom. The summed E-state index contributed by atoms with van der Waals surface area (Å²) >= 11 is 0. The van der Waals surface area contributed by atoms with E-state index in [1.54, 1.807) is 0 Å². The standard InChI is InChI=1S/C19H18N4O6.ClH/c24-18-15-10-13(22(26)27)8-12-9-14(23(28)29)11-16(17(12)15)19(25)21(18)7-6-20-4-2-1-3-5-20;/h8-11H,1-7H2;1H. The third-order valence-corrected chi connectivity index (χ3v) is 5.48. The Kier molecular flexibility index (Phi) is 5.99. The fraction of sp³-hybridized carbons (Fsp3) is 0.368. The minimum Gasteiger partial charge on any atom is -0.302 e. The van der Waals surface area contributed by atoms with Gasteiger partial charge in [0, 0.05) is 42.7 Å². The highest BCUT2D eigenvalue weighted by Gasteiger charge is 2.36. The number of nitro benzene ring substituents is 2. The lowest BCUT2D eigenvalue weighted by Gasteiger charge is -2.31. The zero-order valence-corrected chi connectivity index (χ0v) is 16.7. The second-order valence-corrected chi connectivity index (χ2v) is 7.26. The molecule has 2 amide bonds. The highest BCUT2D eigenvalue weighted by atomic mass is 35.5. The highest BCUT2D eigenvalue weighted by molar-refractivity contribution is 6.26. The largest absolute Gasteiger partial charge is 0.302 e. The van der Waals surface area contributed by atoms with Crippen molar-refractivity contribution in [3.05, 3.63) is 55.6 Å². The molecule has 0 saturated carbocycles. The molecule has 0 bridgehead atoms. The van der Waals surface area contributed by atoms with Crippen LogP contribution < -0.4 is 0 Å². The van der Waals surface area contributed by atoms with E-state index in [2.05, 4.69) is 4.90 Å². The predicted molar refractivity (Wildman–Crippen MR) is 110 cm³/mol. The van der Waals surface area contributed by atoms with Gasteiger partial charge in [-0.2, -0.15) is 0 Å². The van der Waals surface area contributed by atoms with Gasteiger partial charge in [0.05, 0.1) is 21.0 Å². The smallest absolute Gasteiger partial charge is 0.270 e. The summed E-state index contributed by atoms with van der Waals surface area (Å²) in [6.45, 7) is 2.41. The van der Waals surface area contributed by atoms with Gasteiger partial charge in [0.2, 0.25) is 0 Å². The summed E-state index contributed by atoms with van der Waals surface area (Å²) in [7, 11) is 0. The number of likely N-dealkylation sites (tertiary alicyclic amines) is 1. The first-order valence-electron chi connectivity index (χ1n) is 9.36. The van der Waals surface area contributed by atoms with Crippen LogP contribution in [0.15, 0.2) is 24.3 Å². The maximum absolute atomic E-state index is 13.0. The SMILES string of the molecule is Cl.O=C1c2cc([N+](=O)[O-])cc3cc([N+](=O)[O-])cc(c23)C(=O)N1CCN1CCCCC1. The number of carbonyl (C=O) groups excluding carboxylic acids is 2. The molecule has 4 rings (SSSR count). The average molecular weight is 435 g/mol. The highest BCUT2D eigenvalue weighted by Crippen LogP contribution is 2.36. The third-order valence-electron chi connectivity index (χ3n) is 5.48. The maximum Gasteiger partial charge on any atom is 0.270 e. The molecule has 2 aliphatic rings. The normalized spacial score (nSPS) is 16.5. The van der Waals surface area contributed by atoms with E-state index < -0.39 is 21.7 Å². The molecule has 0 aliphatic carbocycles.